The third kappa shape index (κ3) is 2.81. The smallest absolute Gasteiger partial charge is 0.123 e. The van der Waals surface area contributed by atoms with E-state index in [2.05, 4.69) is 47.7 Å². The minimum absolute atomic E-state index is 0.187. The van der Waals surface area contributed by atoms with Crippen LogP contribution in [0.4, 0.5) is 0 Å². The molecule has 0 aliphatic carbocycles. The second-order valence-electron chi connectivity index (χ2n) is 4.13. The average Bonchev–Trinajstić information content (AvgIpc) is 2.38. The van der Waals surface area contributed by atoms with Crippen LogP contribution in [-0.2, 0) is 0 Å². The number of aryl methyl sites for hydroxylation is 1. The summed E-state index contributed by atoms with van der Waals surface area (Å²) in [4.78, 5) is 0. The zero-order valence-electron chi connectivity index (χ0n) is 10.3. The minimum atomic E-state index is -0.187. The second kappa shape index (κ2) is 5.93. The summed E-state index contributed by atoms with van der Waals surface area (Å²) in [5.41, 5.74) is 3.31. The van der Waals surface area contributed by atoms with Crippen molar-refractivity contribution in [1.29, 1.82) is 0 Å². The summed E-state index contributed by atoms with van der Waals surface area (Å²) in [6.07, 6.45) is 0. The molecule has 0 aromatic heterocycles. The van der Waals surface area contributed by atoms with Crippen LogP contribution in [0.2, 0.25) is 0 Å². The fraction of sp³-hybridized carbons (Fsp3) is 0.200. The van der Waals surface area contributed by atoms with E-state index in [0.29, 0.717) is 0 Å². The van der Waals surface area contributed by atoms with Crippen molar-refractivity contribution in [2.75, 3.05) is 7.11 Å². The molecule has 0 heterocycles. The normalized spacial score (nSPS) is 12.2. The highest BCUT2D eigenvalue weighted by molar-refractivity contribution is 14.1. The Bertz CT molecular complexity index is 554. The molecular formula is C15H14ClIO. The van der Waals surface area contributed by atoms with Gasteiger partial charge in [-0.1, -0.05) is 35.9 Å². The van der Waals surface area contributed by atoms with Gasteiger partial charge in [0.15, 0.2) is 0 Å². The Kier molecular flexibility index (Phi) is 4.51. The molecule has 18 heavy (non-hydrogen) atoms. The van der Waals surface area contributed by atoms with Gasteiger partial charge in [-0.15, -0.1) is 11.6 Å². The van der Waals surface area contributed by atoms with Crippen molar-refractivity contribution in [1.82, 2.24) is 0 Å². The topological polar surface area (TPSA) is 9.23 Å². The van der Waals surface area contributed by atoms with Crippen LogP contribution in [0.1, 0.15) is 22.1 Å². The molecule has 3 heteroatoms. The van der Waals surface area contributed by atoms with Crippen molar-refractivity contribution in [2.24, 2.45) is 0 Å². The first-order valence-corrected chi connectivity index (χ1v) is 7.18. The van der Waals surface area contributed by atoms with Gasteiger partial charge in [-0.25, -0.2) is 0 Å². The molecule has 2 aromatic rings. The molecule has 2 rings (SSSR count). The first kappa shape index (κ1) is 13.7. The predicted molar refractivity (Wildman–Crippen MR) is 84.6 cm³/mol. The number of hydrogen-bond donors (Lipinski definition) is 0. The SMILES string of the molecule is COc1ccc(C)cc1C(Cl)c1ccccc1I. The van der Waals surface area contributed by atoms with Gasteiger partial charge < -0.3 is 4.74 Å². The molecule has 0 N–H and O–H groups in total. The van der Waals surface area contributed by atoms with Gasteiger partial charge in [0.2, 0.25) is 0 Å². The molecule has 94 valence electrons. The van der Waals surface area contributed by atoms with Crippen LogP contribution >= 0.6 is 34.2 Å². The highest BCUT2D eigenvalue weighted by atomic mass is 127. The molecule has 0 spiro atoms. The highest BCUT2D eigenvalue weighted by Crippen LogP contribution is 2.37. The lowest BCUT2D eigenvalue weighted by atomic mass is 10.0. The van der Waals surface area contributed by atoms with Crippen LogP contribution in [0.25, 0.3) is 0 Å². The standard InChI is InChI=1S/C15H14ClIO/c1-10-7-8-14(18-2)12(9-10)15(16)11-5-3-4-6-13(11)17/h3-9,15H,1-2H3. The zero-order valence-corrected chi connectivity index (χ0v) is 13.2. The zero-order chi connectivity index (χ0) is 13.1. The third-order valence-electron chi connectivity index (χ3n) is 2.84. The number of hydrogen-bond acceptors (Lipinski definition) is 1. The van der Waals surface area contributed by atoms with Crippen molar-refractivity contribution in [3.63, 3.8) is 0 Å². The Morgan fingerprint density at radius 2 is 1.83 bits per heavy atom. The van der Waals surface area contributed by atoms with Crippen molar-refractivity contribution < 1.29 is 4.74 Å². The first-order chi connectivity index (χ1) is 8.63. The van der Waals surface area contributed by atoms with Crippen molar-refractivity contribution >= 4 is 34.2 Å². The van der Waals surface area contributed by atoms with Crippen molar-refractivity contribution in [3.8, 4) is 5.75 Å². The van der Waals surface area contributed by atoms with E-state index in [-0.39, 0.29) is 5.38 Å². The molecule has 1 unspecified atom stereocenters. The minimum Gasteiger partial charge on any atom is -0.496 e. The summed E-state index contributed by atoms with van der Waals surface area (Å²) in [5, 5.41) is -0.187. The van der Waals surface area contributed by atoms with E-state index in [1.165, 1.54) is 9.13 Å². The summed E-state index contributed by atoms with van der Waals surface area (Å²) >= 11 is 8.92. The van der Waals surface area contributed by atoms with Gasteiger partial charge in [-0.2, -0.15) is 0 Å². The molecule has 2 aromatic carbocycles. The maximum Gasteiger partial charge on any atom is 0.123 e. The fourth-order valence-corrected chi connectivity index (χ4v) is 3.14. The lowest BCUT2D eigenvalue weighted by Gasteiger charge is -2.16. The third-order valence-corrected chi connectivity index (χ3v) is 4.29. The summed E-state index contributed by atoms with van der Waals surface area (Å²) in [5.74, 6) is 0.834. The summed E-state index contributed by atoms with van der Waals surface area (Å²) in [7, 11) is 1.67. The number of rotatable bonds is 3. The average molecular weight is 373 g/mol. The van der Waals surface area contributed by atoms with E-state index in [1.807, 2.05) is 24.3 Å². The maximum atomic E-state index is 6.61. The highest BCUT2D eigenvalue weighted by Gasteiger charge is 2.17. The van der Waals surface area contributed by atoms with Crippen LogP contribution in [0.5, 0.6) is 5.75 Å². The largest absolute Gasteiger partial charge is 0.496 e. The van der Waals surface area contributed by atoms with Crippen LogP contribution in [0.3, 0.4) is 0 Å². The van der Waals surface area contributed by atoms with E-state index in [0.717, 1.165) is 16.9 Å². The molecule has 0 bridgehead atoms. The molecule has 0 saturated heterocycles. The van der Waals surface area contributed by atoms with Gasteiger partial charge in [-0.05, 0) is 47.2 Å². The van der Waals surface area contributed by atoms with Crippen LogP contribution in [0, 0.1) is 10.5 Å². The summed E-state index contributed by atoms with van der Waals surface area (Å²) in [6.45, 7) is 2.06. The monoisotopic (exact) mass is 372 g/mol. The lowest BCUT2D eigenvalue weighted by molar-refractivity contribution is 0.410. The Balaban J connectivity index is 2.48. The maximum absolute atomic E-state index is 6.61. The van der Waals surface area contributed by atoms with Gasteiger partial charge in [0.1, 0.15) is 5.75 Å². The number of methoxy groups -OCH3 is 1. The molecule has 0 aliphatic heterocycles. The summed E-state index contributed by atoms with van der Waals surface area (Å²) < 4.78 is 6.56. The van der Waals surface area contributed by atoms with E-state index in [1.54, 1.807) is 7.11 Å². The first-order valence-electron chi connectivity index (χ1n) is 5.66. The van der Waals surface area contributed by atoms with Crippen LogP contribution < -0.4 is 4.74 Å². The van der Waals surface area contributed by atoms with Gasteiger partial charge >= 0.3 is 0 Å². The number of ether oxygens (including phenoxy) is 1. The van der Waals surface area contributed by atoms with Gasteiger partial charge in [0.25, 0.3) is 0 Å². The molecular weight excluding hydrogens is 359 g/mol. The predicted octanol–water partition coefficient (Wildman–Crippen LogP) is 4.94. The Labute approximate surface area is 126 Å². The number of benzene rings is 2. The van der Waals surface area contributed by atoms with Crippen molar-refractivity contribution in [3.05, 3.63) is 62.7 Å². The quantitative estimate of drug-likeness (QED) is 0.548. The van der Waals surface area contributed by atoms with Crippen molar-refractivity contribution in [2.45, 2.75) is 12.3 Å². The van der Waals surface area contributed by atoms with Gasteiger partial charge in [-0.3, -0.25) is 0 Å². The van der Waals surface area contributed by atoms with Crippen LogP contribution in [-0.4, -0.2) is 7.11 Å². The number of halogens is 2. The molecule has 0 saturated carbocycles. The molecule has 1 nitrogen and oxygen atoms in total. The van der Waals surface area contributed by atoms with Gasteiger partial charge in [0.05, 0.1) is 12.5 Å². The lowest BCUT2D eigenvalue weighted by Crippen LogP contribution is -2.00. The van der Waals surface area contributed by atoms with E-state index < -0.39 is 0 Å². The van der Waals surface area contributed by atoms with Crippen LogP contribution in [0.15, 0.2) is 42.5 Å². The molecule has 1 atom stereocenters. The second-order valence-corrected chi connectivity index (χ2v) is 5.73. The molecule has 0 aliphatic rings. The fourth-order valence-electron chi connectivity index (χ4n) is 1.90. The van der Waals surface area contributed by atoms with E-state index in [4.69, 9.17) is 16.3 Å². The molecule has 0 fully saturated rings. The summed E-state index contributed by atoms with van der Waals surface area (Å²) in [6, 6.07) is 14.2. The van der Waals surface area contributed by atoms with E-state index in [9.17, 15) is 0 Å². The molecule has 0 amide bonds. The number of alkyl halides is 1. The Morgan fingerprint density at radius 1 is 1.11 bits per heavy atom. The Hall–Kier alpha value is -0.740. The van der Waals surface area contributed by atoms with E-state index >= 15 is 0 Å². The Morgan fingerprint density at radius 3 is 2.50 bits per heavy atom. The van der Waals surface area contributed by atoms with Gasteiger partial charge in [0, 0.05) is 9.13 Å². The molecule has 0 radical (unpaired) electrons.